The van der Waals surface area contributed by atoms with Gasteiger partial charge in [-0.2, -0.15) is 0 Å². The summed E-state index contributed by atoms with van der Waals surface area (Å²) in [6.07, 6.45) is 1.08. The van der Waals surface area contributed by atoms with Crippen LogP contribution in [0.25, 0.3) is 0 Å². The number of pyridine rings is 1. The van der Waals surface area contributed by atoms with E-state index in [9.17, 15) is 5.11 Å². The first-order chi connectivity index (χ1) is 9.19. The highest BCUT2D eigenvalue weighted by Gasteiger charge is 2.03. The highest BCUT2D eigenvalue weighted by Crippen LogP contribution is 2.24. The quantitative estimate of drug-likeness (QED) is 0.894. The van der Waals surface area contributed by atoms with Gasteiger partial charge in [0.1, 0.15) is 11.5 Å². The molecule has 0 saturated heterocycles. The molecule has 4 heteroatoms. The first-order valence-electron chi connectivity index (χ1n) is 6.23. The normalized spacial score (nSPS) is 11.9. The van der Waals surface area contributed by atoms with E-state index in [4.69, 9.17) is 9.47 Å². The number of hydrogen-bond acceptors (Lipinski definition) is 4. The van der Waals surface area contributed by atoms with E-state index in [0.717, 1.165) is 11.3 Å². The Hall–Kier alpha value is -2.07. The summed E-state index contributed by atoms with van der Waals surface area (Å²) in [7, 11) is 0. The third kappa shape index (κ3) is 3.69. The summed E-state index contributed by atoms with van der Waals surface area (Å²) in [5.74, 6) is 1.92. The maximum atomic E-state index is 9.40. The fourth-order valence-electron chi connectivity index (χ4n) is 1.61. The molecule has 19 heavy (non-hydrogen) atoms. The molecular weight excluding hydrogens is 242 g/mol. The first kappa shape index (κ1) is 13.4. The predicted octanol–water partition coefficient (Wildman–Crippen LogP) is 3.33. The van der Waals surface area contributed by atoms with Crippen LogP contribution in [-0.2, 0) is 0 Å². The van der Waals surface area contributed by atoms with Crippen LogP contribution in [0.3, 0.4) is 0 Å². The third-order valence-electron chi connectivity index (χ3n) is 2.58. The van der Waals surface area contributed by atoms with E-state index in [1.807, 2.05) is 31.2 Å². The van der Waals surface area contributed by atoms with Crippen LogP contribution in [-0.4, -0.2) is 16.7 Å². The van der Waals surface area contributed by atoms with Crippen molar-refractivity contribution in [2.45, 2.75) is 20.0 Å². The summed E-state index contributed by atoms with van der Waals surface area (Å²) in [6.45, 7) is 4.25. The van der Waals surface area contributed by atoms with Gasteiger partial charge in [-0.25, -0.2) is 4.98 Å². The second-order valence-electron chi connectivity index (χ2n) is 4.12. The van der Waals surface area contributed by atoms with Crippen LogP contribution in [0.1, 0.15) is 25.5 Å². The number of ether oxygens (including phenoxy) is 2. The number of aliphatic hydroxyl groups is 1. The molecule has 0 aliphatic carbocycles. The molecule has 1 atom stereocenters. The average Bonchev–Trinajstić information content (AvgIpc) is 2.40. The van der Waals surface area contributed by atoms with Crippen molar-refractivity contribution in [1.82, 2.24) is 4.98 Å². The summed E-state index contributed by atoms with van der Waals surface area (Å²) in [5.41, 5.74) is 0.760. The Morgan fingerprint density at radius 3 is 2.63 bits per heavy atom. The number of nitrogens with zero attached hydrogens (tertiary/aromatic N) is 1. The summed E-state index contributed by atoms with van der Waals surface area (Å²) >= 11 is 0. The molecule has 4 nitrogen and oxygen atoms in total. The van der Waals surface area contributed by atoms with Crippen molar-refractivity contribution in [1.29, 1.82) is 0 Å². The van der Waals surface area contributed by atoms with Crippen molar-refractivity contribution in [3.63, 3.8) is 0 Å². The minimum Gasteiger partial charge on any atom is -0.494 e. The maximum Gasteiger partial charge on any atom is 0.219 e. The number of benzene rings is 1. The van der Waals surface area contributed by atoms with Gasteiger partial charge in [-0.05, 0) is 37.6 Å². The molecule has 0 radical (unpaired) electrons. The number of aliphatic hydroxyl groups excluding tert-OH is 1. The van der Waals surface area contributed by atoms with Gasteiger partial charge in [0.25, 0.3) is 0 Å². The minimum absolute atomic E-state index is 0.484. The number of rotatable bonds is 5. The van der Waals surface area contributed by atoms with Crippen molar-refractivity contribution >= 4 is 0 Å². The summed E-state index contributed by atoms with van der Waals surface area (Å²) in [6, 6.07) is 10.9. The summed E-state index contributed by atoms with van der Waals surface area (Å²) < 4.78 is 11.0. The molecule has 0 fully saturated rings. The smallest absolute Gasteiger partial charge is 0.219 e. The predicted molar refractivity (Wildman–Crippen MR) is 72.6 cm³/mol. The van der Waals surface area contributed by atoms with Gasteiger partial charge in [0.2, 0.25) is 5.88 Å². The maximum absolute atomic E-state index is 9.40. The summed E-state index contributed by atoms with van der Waals surface area (Å²) in [4.78, 5) is 4.15. The Balaban J connectivity index is 2.10. The SMILES string of the molecule is CCOc1cccc(Oc2ccc([C@@H](C)O)cn2)c1. The Morgan fingerprint density at radius 1 is 1.21 bits per heavy atom. The fraction of sp³-hybridized carbons (Fsp3) is 0.267. The lowest BCUT2D eigenvalue weighted by Crippen LogP contribution is -1.94. The lowest BCUT2D eigenvalue weighted by molar-refractivity contribution is 0.198. The van der Waals surface area contributed by atoms with E-state index in [-0.39, 0.29) is 0 Å². The van der Waals surface area contributed by atoms with Crippen LogP contribution >= 0.6 is 0 Å². The van der Waals surface area contributed by atoms with Crippen LogP contribution in [0.2, 0.25) is 0 Å². The molecule has 0 saturated carbocycles. The van der Waals surface area contributed by atoms with E-state index in [1.54, 1.807) is 25.3 Å². The third-order valence-corrected chi connectivity index (χ3v) is 2.58. The topological polar surface area (TPSA) is 51.6 Å². The number of aromatic nitrogens is 1. The molecule has 0 unspecified atom stereocenters. The van der Waals surface area contributed by atoms with E-state index >= 15 is 0 Å². The molecular formula is C15H17NO3. The molecule has 1 aromatic carbocycles. The standard InChI is InChI=1S/C15H17NO3/c1-3-18-13-5-4-6-14(9-13)19-15-8-7-12(10-16-15)11(2)17/h4-11,17H,3H2,1-2H3/t11-/m1/s1. The Morgan fingerprint density at radius 2 is 2.00 bits per heavy atom. The molecule has 1 heterocycles. The molecule has 2 aromatic rings. The zero-order chi connectivity index (χ0) is 13.7. The van der Waals surface area contributed by atoms with Crippen molar-refractivity contribution in [2.75, 3.05) is 6.61 Å². The molecule has 0 aliphatic heterocycles. The van der Waals surface area contributed by atoms with Gasteiger partial charge in [-0.3, -0.25) is 0 Å². The van der Waals surface area contributed by atoms with Gasteiger partial charge >= 0.3 is 0 Å². The molecule has 100 valence electrons. The minimum atomic E-state index is -0.525. The van der Waals surface area contributed by atoms with Crippen LogP contribution in [0.5, 0.6) is 17.4 Å². The lowest BCUT2D eigenvalue weighted by Gasteiger charge is -2.08. The number of hydrogen-bond donors (Lipinski definition) is 1. The Labute approximate surface area is 112 Å². The second-order valence-corrected chi connectivity index (χ2v) is 4.12. The van der Waals surface area contributed by atoms with Gasteiger partial charge in [-0.15, -0.1) is 0 Å². The molecule has 1 N–H and O–H groups in total. The Bertz CT molecular complexity index is 523. The second kappa shape index (κ2) is 6.20. The largest absolute Gasteiger partial charge is 0.494 e. The van der Waals surface area contributed by atoms with E-state index in [1.165, 1.54) is 0 Å². The average molecular weight is 259 g/mol. The van der Waals surface area contributed by atoms with Crippen LogP contribution in [0, 0.1) is 0 Å². The molecule has 0 bridgehead atoms. The first-order valence-corrected chi connectivity index (χ1v) is 6.23. The van der Waals surface area contributed by atoms with Crippen LogP contribution < -0.4 is 9.47 Å². The van der Waals surface area contributed by atoms with Gasteiger partial charge in [-0.1, -0.05) is 6.07 Å². The zero-order valence-corrected chi connectivity index (χ0v) is 11.0. The zero-order valence-electron chi connectivity index (χ0n) is 11.0. The fourth-order valence-corrected chi connectivity index (χ4v) is 1.61. The lowest BCUT2D eigenvalue weighted by atomic mass is 10.2. The monoisotopic (exact) mass is 259 g/mol. The van der Waals surface area contributed by atoms with Crippen molar-refractivity contribution < 1.29 is 14.6 Å². The van der Waals surface area contributed by atoms with Gasteiger partial charge < -0.3 is 14.6 Å². The molecule has 0 spiro atoms. The van der Waals surface area contributed by atoms with Crippen molar-refractivity contribution in [2.24, 2.45) is 0 Å². The molecule has 2 rings (SSSR count). The van der Waals surface area contributed by atoms with E-state index in [0.29, 0.717) is 18.2 Å². The van der Waals surface area contributed by atoms with Gasteiger partial charge in [0, 0.05) is 18.3 Å². The van der Waals surface area contributed by atoms with E-state index < -0.39 is 6.10 Å². The van der Waals surface area contributed by atoms with Gasteiger partial charge in [0.15, 0.2) is 0 Å². The van der Waals surface area contributed by atoms with E-state index in [2.05, 4.69) is 4.98 Å². The highest BCUT2D eigenvalue weighted by molar-refractivity contribution is 5.35. The van der Waals surface area contributed by atoms with Crippen LogP contribution in [0.4, 0.5) is 0 Å². The molecule has 1 aromatic heterocycles. The van der Waals surface area contributed by atoms with Crippen LogP contribution in [0.15, 0.2) is 42.6 Å². The van der Waals surface area contributed by atoms with Crippen molar-refractivity contribution in [3.05, 3.63) is 48.2 Å². The molecule has 0 amide bonds. The van der Waals surface area contributed by atoms with Gasteiger partial charge in [0.05, 0.1) is 12.7 Å². The summed E-state index contributed by atoms with van der Waals surface area (Å²) in [5, 5.41) is 9.40. The van der Waals surface area contributed by atoms with Crippen molar-refractivity contribution in [3.8, 4) is 17.4 Å². The highest BCUT2D eigenvalue weighted by atomic mass is 16.5. The Kier molecular flexibility index (Phi) is 4.36. The molecule has 0 aliphatic rings.